The maximum absolute atomic E-state index is 14.3. The highest BCUT2D eigenvalue weighted by Gasteiger charge is 2.43. The number of rotatable bonds is 3. The summed E-state index contributed by atoms with van der Waals surface area (Å²) in [5.41, 5.74) is 12.2. The van der Waals surface area contributed by atoms with Crippen LogP contribution in [0.15, 0.2) is 52.4 Å². The van der Waals surface area contributed by atoms with Crippen molar-refractivity contribution in [2.45, 2.75) is 37.8 Å². The molecule has 1 heterocycles. The topological polar surface area (TPSA) is 97.1 Å². The van der Waals surface area contributed by atoms with Crippen LogP contribution in [-0.4, -0.2) is 23.4 Å². The van der Waals surface area contributed by atoms with Crippen molar-refractivity contribution in [2.75, 3.05) is 4.90 Å². The van der Waals surface area contributed by atoms with Crippen LogP contribution in [0.25, 0.3) is 0 Å². The number of ketones is 1. The van der Waals surface area contributed by atoms with Crippen molar-refractivity contribution < 1.29 is 9.18 Å². The van der Waals surface area contributed by atoms with Gasteiger partial charge in [-0.1, -0.05) is 30.2 Å². The van der Waals surface area contributed by atoms with Crippen molar-refractivity contribution in [1.29, 1.82) is 0 Å². The molecule has 0 unspecified atom stereocenters. The summed E-state index contributed by atoms with van der Waals surface area (Å²) in [5.74, 6) is -0.805. The Kier molecular flexibility index (Phi) is 5.00. The van der Waals surface area contributed by atoms with Gasteiger partial charge in [-0.25, -0.2) is 9.38 Å². The summed E-state index contributed by atoms with van der Waals surface area (Å²) in [7, 11) is 0. The Hall–Kier alpha value is -2.93. The van der Waals surface area contributed by atoms with Gasteiger partial charge in [0.15, 0.2) is 5.78 Å². The van der Waals surface area contributed by atoms with E-state index < -0.39 is 17.3 Å². The standard InChI is InChI=1S/C21H21ClFN5O/c22-13-8-9-17(15(12-13)18(29)14-6-2-3-7-16(14)23)28-20(25)26-19(24)27-21(28)10-4-1-5-11-21/h2-3,6-9,12H,1,4-5,10-11H2,(H4,24,25,26,27). The van der Waals surface area contributed by atoms with Crippen molar-refractivity contribution in [3.8, 4) is 0 Å². The minimum absolute atomic E-state index is 0.0377. The average molecular weight is 414 g/mol. The number of carbonyl (C=O) groups excluding carboxylic acids is 1. The molecule has 6 nitrogen and oxygen atoms in total. The third-order valence-electron chi connectivity index (χ3n) is 5.41. The van der Waals surface area contributed by atoms with Crippen molar-refractivity contribution in [3.05, 3.63) is 64.4 Å². The van der Waals surface area contributed by atoms with Crippen LogP contribution in [0.1, 0.15) is 48.0 Å². The second-order valence-electron chi connectivity index (χ2n) is 7.29. The molecule has 150 valence electrons. The van der Waals surface area contributed by atoms with Crippen molar-refractivity contribution in [1.82, 2.24) is 0 Å². The van der Waals surface area contributed by atoms with Gasteiger partial charge in [-0.3, -0.25) is 9.69 Å². The zero-order valence-electron chi connectivity index (χ0n) is 15.7. The van der Waals surface area contributed by atoms with Crippen LogP contribution in [0, 0.1) is 5.82 Å². The van der Waals surface area contributed by atoms with Crippen LogP contribution in [0.4, 0.5) is 10.1 Å². The SMILES string of the molecule is NC1=NC2(CCCCC2)N(c2ccc(Cl)cc2C(=O)c2ccccc2F)C(N)=N1. The first-order valence-corrected chi connectivity index (χ1v) is 9.88. The molecule has 0 radical (unpaired) electrons. The molecule has 4 rings (SSSR count). The molecule has 29 heavy (non-hydrogen) atoms. The van der Waals surface area contributed by atoms with E-state index in [1.54, 1.807) is 23.1 Å². The second-order valence-corrected chi connectivity index (χ2v) is 7.73. The van der Waals surface area contributed by atoms with Crippen molar-refractivity contribution >= 4 is 35.0 Å². The predicted octanol–water partition coefficient (Wildman–Crippen LogP) is 3.82. The Labute approximate surface area is 173 Å². The Bertz CT molecular complexity index is 1030. The van der Waals surface area contributed by atoms with Gasteiger partial charge in [0.1, 0.15) is 11.5 Å². The number of aliphatic imine (C=N–C) groups is 2. The van der Waals surface area contributed by atoms with Crippen LogP contribution in [0.3, 0.4) is 0 Å². The maximum Gasteiger partial charge on any atom is 0.220 e. The molecule has 8 heteroatoms. The molecule has 1 fully saturated rings. The number of benzene rings is 2. The third kappa shape index (κ3) is 3.46. The van der Waals surface area contributed by atoms with Gasteiger partial charge in [-0.2, -0.15) is 4.99 Å². The highest BCUT2D eigenvalue weighted by atomic mass is 35.5. The first-order chi connectivity index (χ1) is 13.9. The molecule has 0 saturated heterocycles. The normalized spacial score (nSPS) is 18.3. The molecular weight excluding hydrogens is 393 g/mol. The number of nitrogens with zero attached hydrogens (tertiary/aromatic N) is 3. The minimum Gasteiger partial charge on any atom is -0.369 e. The Morgan fingerprint density at radius 1 is 1.07 bits per heavy atom. The van der Waals surface area contributed by atoms with Gasteiger partial charge in [-0.05, 0) is 56.0 Å². The number of hydrogen-bond donors (Lipinski definition) is 2. The molecule has 1 spiro atoms. The smallest absolute Gasteiger partial charge is 0.220 e. The molecule has 2 aromatic rings. The number of nitrogens with two attached hydrogens (primary N) is 2. The zero-order valence-corrected chi connectivity index (χ0v) is 16.5. The van der Waals surface area contributed by atoms with Crippen LogP contribution in [-0.2, 0) is 0 Å². The van der Waals surface area contributed by atoms with Gasteiger partial charge >= 0.3 is 0 Å². The zero-order chi connectivity index (χ0) is 20.6. The van der Waals surface area contributed by atoms with Crippen LogP contribution in [0.5, 0.6) is 0 Å². The summed E-state index contributed by atoms with van der Waals surface area (Å²) in [6, 6.07) is 10.7. The molecule has 0 bridgehead atoms. The molecule has 0 aromatic heterocycles. The second kappa shape index (κ2) is 7.48. The van der Waals surface area contributed by atoms with Crippen LogP contribution < -0.4 is 16.4 Å². The quantitative estimate of drug-likeness (QED) is 0.747. The summed E-state index contributed by atoms with van der Waals surface area (Å²) in [6.45, 7) is 0. The van der Waals surface area contributed by atoms with E-state index in [2.05, 4.69) is 9.98 Å². The average Bonchev–Trinajstić information content (AvgIpc) is 2.69. The largest absolute Gasteiger partial charge is 0.369 e. The fourth-order valence-electron chi connectivity index (χ4n) is 4.15. The van der Waals surface area contributed by atoms with E-state index in [4.69, 9.17) is 23.1 Å². The number of halogens is 2. The van der Waals surface area contributed by atoms with E-state index in [0.717, 1.165) is 32.1 Å². The van der Waals surface area contributed by atoms with Crippen LogP contribution in [0.2, 0.25) is 5.02 Å². The highest BCUT2D eigenvalue weighted by Crippen LogP contribution is 2.41. The van der Waals surface area contributed by atoms with E-state index in [1.165, 1.54) is 24.3 Å². The molecule has 2 aromatic carbocycles. The molecular formula is C21H21ClFN5O. The molecule has 0 atom stereocenters. The number of hydrogen-bond acceptors (Lipinski definition) is 6. The van der Waals surface area contributed by atoms with E-state index in [1.807, 2.05) is 0 Å². The predicted molar refractivity (Wildman–Crippen MR) is 113 cm³/mol. The summed E-state index contributed by atoms with van der Waals surface area (Å²) < 4.78 is 14.3. The van der Waals surface area contributed by atoms with E-state index in [0.29, 0.717) is 10.7 Å². The van der Waals surface area contributed by atoms with Gasteiger partial charge in [0.25, 0.3) is 0 Å². The Balaban J connectivity index is 1.88. The fraction of sp³-hybridized carbons (Fsp3) is 0.286. The first-order valence-electron chi connectivity index (χ1n) is 9.50. The summed E-state index contributed by atoms with van der Waals surface area (Å²) >= 11 is 6.19. The first kappa shape index (κ1) is 19.4. The molecule has 1 aliphatic carbocycles. The van der Waals surface area contributed by atoms with E-state index in [-0.39, 0.29) is 23.0 Å². The number of anilines is 1. The van der Waals surface area contributed by atoms with E-state index in [9.17, 15) is 9.18 Å². The lowest BCUT2D eigenvalue weighted by atomic mass is 9.86. The summed E-state index contributed by atoms with van der Waals surface area (Å²) in [4.78, 5) is 23.8. The van der Waals surface area contributed by atoms with Gasteiger partial charge in [0, 0.05) is 10.6 Å². The monoisotopic (exact) mass is 413 g/mol. The lowest BCUT2D eigenvalue weighted by Crippen LogP contribution is -2.58. The molecule has 4 N–H and O–H groups in total. The molecule has 1 saturated carbocycles. The number of guanidine groups is 2. The minimum atomic E-state index is -0.716. The number of carbonyl (C=O) groups is 1. The third-order valence-corrected chi connectivity index (χ3v) is 5.65. The maximum atomic E-state index is 14.3. The Morgan fingerprint density at radius 3 is 2.52 bits per heavy atom. The summed E-state index contributed by atoms with van der Waals surface area (Å²) in [6.07, 6.45) is 4.43. The lowest BCUT2D eigenvalue weighted by Gasteiger charge is -2.46. The van der Waals surface area contributed by atoms with Crippen molar-refractivity contribution in [3.63, 3.8) is 0 Å². The lowest BCUT2D eigenvalue weighted by molar-refractivity contribution is 0.103. The Morgan fingerprint density at radius 2 is 1.79 bits per heavy atom. The van der Waals surface area contributed by atoms with Gasteiger partial charge < -0.3 is 11.5 Å². The fourth-order valence-corrected chi connectivity index (χ4v) is 4.32. The van der Waals surface area contributed by atoms with Crippen LogP contribution >= 0.6 is 11.6 Å². The van der Waals surface area contributed by atoms with Gasteiger partial charge in [0.05, 0.1) is 11.3 Å². The van der Waals surface area contributed by atoms with Gasteiger partial charge in [0.2, 0.25) is 11.9 Å². The van der Waals surface area contributed by atoms with Gasteiger partial charge in [-0.15, -0.1) is 0 Å². The van der Waals surface area contributed by atoms with E-state index >= 15 is 0 Å². The molecule has 0 amide bonds. The highest BCUT2D eigenvalue weighted by molar-refractivity contribution is 6.31. The van der Waals surface area contributed by atoms with Crippen molar-refractivity contribution in [2.24, 2.45) is 21.5 Å². The molecule has 2 aliphatic rings. The summed E-state index contributed by atoms with van der Waals surface area (Å²) in [5, 5.41) is 0.363. The molecule has 1 aliphatic heterocycles.